The van der Waals surface area contributed by atoms with E-state index in [2.05, 4.69) is 23.6 Å². The van der Waals surface area contributed by atoms with Gasteiger partial charge in [-0.25, -0.2) is 0 Å². The zero-order chi connectivity index (χ0) is 23.7. The second-order valence-corrected chi connectivity index (χ2v) is 9.68. The van der Waals surface area contributed by atoms with Crippen LogP contribution in [-0.2, 0) is 11.2 Å². The summed E-state index contributed by atoms with van der Waals surface area (Å²) in [5.41, 5.74) is 2.73. The number of carbonyl (C=O) groups is 2. The molecule has 6 nitrogen and oxygen atoms in total. The molecule has 2 aromatic carbocycles. The van der Waals surface area contributed by atoms with E-state index in [1.54, 1.807) is 41.5 Å². The maximum Gasteiger partial charge on any atom is 0.258 e. The molecular formula is C27H28N2O4S. The number of benzene rings is 2. The van der Waals surface area contributed by atoms with E-state index >= 15 is 0 Å². The highest BCUT2D eigenvalue weighted by atomic mass is 32.1. The molecule has 2 heterocycles. The molecule has 7 heteroatoms. The van der Waals surface area contributed by atoms with Crippen LogP contribution in [0.15, 0.2) is 60.0 Å². The lowest BCUT2D eigenvalue weighted by molar-refractivity contribution is -0.134. The highest BCUT2D eigenvalue weighted by Gasteiger charge is 2.39. The Morgan fingerprint density at radius 2 is 1.85 bits per heavy atom. The highest BCUT2D eigenvalue weighted by molar-refractivity contribution is 7.10. The highest BCUT2D eigenvalue weighted by Crippen LogP contribution is 2.38. The van der Waals surface area contributed by atoms with E-state index in [4.69, 9.17) is 9.47 Å². The molecule has 34 heavy (non-hydrogen) atoms. The number of fused-ring (bicyclic) bond motifs is 1. The van der Waals surface area contributed by atoms with Crippen LogP contribution in [0.3, 0.4) is 0 Å². The number of rotatable bonds is 7. The first-order valence-electron chi connectivity index (χ1n) is 11.5. The second-order valence-electron chi connectivity index (χ2n) is 8.68. The zero-order valence-corrected chi connectivity index (χ0v) is 20.2. The van der Waals surface area contributed by atoms with Gasteiger partial charge in [-0.1, -0.05) is 30.3 Å². The van der Waals surface area contributed by atoms with E-state index in [-0.39, 0.29) is 30.4 Å². The van der Waals surface area contributed by atoms with Crippen molar-refractivity contribution in [2.45, 2.75) is 31.3 Å². The van der Waals surface area contributed by atoms with Crippen molar-refractivity contribution in [3.63, 3.8) is 0 Å². The molecule has 0 radical (unpaired) electrons. The van der Waals surface area contributed by atoms with Gasteiger partial charge < -0.3 is 19.3 Å². The van der Waals surface area contributed by atoms with E-state index in [9.17, 15) is 9.59 Å². The molecule has 1 atom stereocenters. The van der Waals surface area contributed by atoms with Gasteiger partial charge >= 0.3 is 0 Å². The topological polar surface area (TPSA) is 59.1 Å². The van der Waals surface area contributed by atoms with E-state index in [0.717, 1.165) is 24.8 Å². The summed E-state index contributed by atoms with van der Waals surface area (Å²) < 4.78 is 10.7. The SMILES string of the molecule is COc1ccc(C(=O)N(CC(=O)N2CCc3sccc3C2c2ccccc2)C2CC2)c(OC)c1. The summed E-state index contributed by atoms with van der Waals surface area (Å²) in [7, 11) is 3.11. The molecule has 2 amide bonds. The summed E-state index contributed by atoms with van der Waals surface area (Å²) in [5, 5.41) is 2.10. The number of hydrogen-bond donors (Lipinski definition) is 0. The maximum absolute atomic E-state index is 13.7. The van der Waals surface area contributed by atoms with Crippen molar-refractivity contribution in [1.29, 1.82) is 0 Å². The first-order chi connectivity index (χ1) is 16.6. The summed E-state index contributed by atoms with van der Waals surface area (Å²) >= 11 is 1.75. The Morgan fingerprint density at radius 3 is 2.56 bits per heavy atom. The number of amides is 2. The van der Waals surface area contributed by atoms with Crippen molar-refractivity contribution in [2.24, 2.45) is 0 Å². The number of carbonyl (C=O) groups excluding carboxylic acids is 2. The molecule has 1 saturated carbocycles. The Morgan fingerprint density at radius 1 is 1.06 bits per heavy atom. The minimum atomic E-state index is -0.181. The molecule has 1 aliphatic heterocycles. The van der Waals surface area contributed by atoms with Crippen molar-refractivity contribution in [1.82, 2.24) is 9.80 Å². The Balaban J connectivity index is 1.42. The molecule has 1 aromatic heterocycles. The van der Waals surface area contributed by atoms with Crippen LogP contribution in [0.5, 0.6) is 11.5 Å². The molecule has 0 N–H and O–H groups in total. The minimum absolute atomic E-state index is 0.0292. The maximum atomic E-state index is 13.7. The van der Waals surface area contributed by atoms with Crippen molar-refractivity contribution >= 4 is 23.2 Å². The van der Waals surface area contributed by atoms with Gasteiger partial charge in [0.1, 0.15) is 18.0 Å². The van der Waals surface area contributed by atoms with Crippen LogP contribution in [-0.4, -0.2) is 55.0 Å². The fourth-order valence-electron chi connectivity index (χ4n) is 4.70. The smallest absolute Gasteiger partial charge is 0.258 e. The first-order valence-corrected chi connectivity index (χ1v) is 12.4. The van der Waals surface area contributed by atoms with Gasteiger partial charge in [-0.3, -0.25) is 9.59 Å². The summed E-state index contributed by atoms with van der Waals surface area (Å²) in [4.78, 5) is 32.3. The number of thiophene rings is 1. The van der Waals surface area contributed by atoms with Gasteiger partial charge in [0.25, 0.3) is 5.91 Å². The quantitative estimate of drug-likeness (QED) is 0.502. The Bertz CT molecular complexity index is 1190. The molecule has 1 aliphatic carbocycles. The van der Waals surface area contributed by atoms with Crippen molar-refractivity contribution in [3.05, 3.63) is 81.5 Å². The molecule has 3 aromatic rings. The summed E-state index contributed by atoms with van der Waals surface area (Å²) in [6.07, 6.45) is 2.66. The number of nitrogens with zero attached hydrogens (tertiary/aromatic N) is 2. The Labute approximate surface area is 203 Å². The number of ether oxygens (including phenoxy) is 2. The van der Waals surface area contributed by atoms with Gasteiger partial charge in [-0.2, -0.15) is 0 Å². The lowest BCUT2D eigenvalue weighted by atomic mass is 9.93. The first kappa shape index (κ1) is 22.5. The van der Waals surface area contributed by atoms with E-state index in [1.807, 2.05) is 23.1 Å². The largest absolute Gasteiger partial charge is 0.497 e. The molecule has 0 saturated heterocycles. The third kappa shape index (κ3) is 4.28. The third-order valence-electron chi connectivity index (χ3n) is 6.59. The van der Waals surface area contributed by atoms with E-state index < -0.39 is 0 Å². The fourth-order valence-corrected chi connectivity index (χ4v) is 5.60. The van der Waals surface area contributed by atoms with Gasteiger partial charge in [0.15, 0.2) is 0 Å². The van der Waals surface area contributed by atoms with Crippen LogP contribution in [0.4, 0.5) is 0 Å². The molecule has 2 aliphatic rings. The lowest BCUT2D eigenvalue weighted by Crippen LogP contribution is -2.47. The Hall–Kier alpha value is -3.32. The molecule has 1 fully saturated rings. The van der Waals surface area contributed by atoms with Crippen molar-refractivity contribution in [3.8, 4) is 11.5 Å². The standard InChI is InChI=1S/C27H28N2O4S/c1-32-20-10-11-21(23(16-20)33-2)27(31)29(19-8-9-19)17-25(30)28-14-12-24-22(13-15-34-24)26(28)18-6-4-3-5-7-18/h3-7,10-11,13,15-16,19,26H,8-9,12,14,17H2,1-2H3. The fraction of sp³-hybridized carbons (Fsp3) is 0.333. The van der Waals surface area contributed by atoms with E-state index in [0.29, 0.717) is 23.6 Å². The second kappa shape index (κ2) is 9.50. The number of methoxy groups -OCH3 is 2. The van der Waals surface area contributed by atoms with Crippen LogP contribution < -0.4 is 9.47 Å². The van der Waals surface area contributed by atoms with Crippen LogP contribution in [0.25, 0.3) is 0 Å². The average Bonchev–Trinajstić information content (AvgIpc) is 3.61. The normalized spacial score (nSPS) is 17.1. The van der Waals surface area contributed by atoms with Crippen LogP contribution in [0.1, 0.15) is 45.2 Å². The van der Waals surface area contributed by atoms with Crippen molar-refractivity contribution < 1.29 is 19.1 Å². The van der Waals surface area contributed by atoms with Crippen LogP contribution in [0.2, 0.25) is 0 Å². The summed E-state index contributed by atoms with van der Waals surface area (Å²) in [6, 6.07) is 17.4. The summed E-state index contributed by atoms with van der Waals surface area (Å²) in [5.74, 6) is 0.858. The lowest BCUT2D eigenvalue weighted by Gasteiger charge is -2.37. The summed E-state index contributed by atoms with van der Waals surface area (Å²) in [6.45, 7) is 0.700. The van der Waals surface area contributed by atoms with Gasteiger partial charge in [-0.15, -0.1) is 11.3 Å². The van der Waals surface area contributed by atoms with Gasteiger partial charge in [0, 0.05) is 23.5 Å². The molecular weight excluding hydrogens is 448 g/mol. The van der Waals surface area contributed by atoms with E-state index in [1.165, 1.54) is 17.6 Å². The van der Waals surface area contributed by atoms with Crippen LogP contribution in [0, 0.1) is 0 Å². The van der Waals surface area contributed by atoms with Crippen molar-refractivity contribution in [2.75, 3.05) is 27.3 Å². The number of hydrogen-bond acceptors (Lipinski definition) is 5. The molecule has 5 rings (SSSR count). The molecule has 176 valence electrons. The molecule has 0 bridgehead atoms. The minimum Gasteiger partial charge on any atom is -0.497 e. The van der Waals surface area contributed by atoms with Crippen LogP contribution >= 0.6 is 11.3 Å². The molecule has 0 spiro atoms. The van der Waals surface area contributed by atoms with Gasteiger partial charge in [-0.05, 0) is 54.0 Å². The predicted molar refractivity (Wildman–Crippen MR) is 132 cm³/mol. The van der Waals surface area contributed by atoms with Gasteiger partial charge in [0.05, 0.1) is 25.8 Å². The zero-order valence-electron chi connectivity index (χ0n) is 19.4. The Kier molecular flexibility index (Phi) is 6.28. The predicted octanol–water partition coefficient (Wildman–Crippen LogP) is 4.54. The monoisotopic (exact) mass is 476 g/mol. The third-order valence-corrected chi connectivity index (χ3v) is 7.59. The average molecular weight is 477 g/mol. The molecule has 1 unspecified atom stereocenters. The van der Waals surface area contributed by atoms with Gasteiger partial charge in [0.2, 0.25) is 5.91 Å².